The molecule has 0 bridgehead atoms. The molecule has 0 aliphatic rings. The molecule has 1 aromatic heterocycles. The third-order valence-corrected chi connectivity index (χ3v) is 3.12. The zero-order chi connectivity index (χ0) is 14.5. The predicted molar refractivity (Wildman–Crippen MR) is 80.5 cm³/mol. The molecule has 0 unspecified atom stereocenters. The number of nitrogens with zero attached hydrogens (tertiary/aromatic N) is 1. The minimum atomic E-state index is 0.125. The van der Waals surface area contributed by atoms with Crippen LogP contribution in [0.15, 0.2) is 47.1 Å². The first-order valence-corrected chi connectivity index (χ1v) is 6.95. The van der Waals surface area contributed by atoms with Gasteiger partial charge >= 0.3 is 0 Å². The van der Waals surface area contributed by atoms with E-state index in [4.69, 9.17) is 4.42 Å². The molecule has 2 aromatic rings. The van der Waals surface area contributed by atoms with Gasteiger partial charge in [-0.3, -0.25) is 4.79 Å². The molecule has 0 saturated carbocycles. The SMILES string of the molecule is Cc1ccc(N(Cc2ccco2)C(=O)CC(C)C)cc1. The Morgan fingerprint density at radius 3 is 2.45 bits per heavy atom. The minimum Gasteiger partial charge on any atom is -0.467 e. The van der Waals surface area contributed by atoms with Crippen LogP contribution in [0.25, 0.3) is 0 Å². The number of anilines is 1. The smallest absolute Gasteiger partial charge is 0.227 e. The number of aryl methyl sites for hydroxylation is 1. The van der Waals surface area contributed by atoms with Gasteiger partial charge in [0.2, 0.25) is 5.91 Å². The molecule has 1 amide bonds. The van der Waals surface area contributed by atoms with Crippen LogP contribution >= 0.6 is 0 Å². The van der Waals surface area contributed by atoms with Crippen LogP contribution in [0.3, 0.4) is 0 Å². The second kappa shape index (κ2) is 6.42. The van der Waals surface area contributed by atoms with E-state index in [9.17, 15) is 4.79 Å². The third kappa shape index (κ3) is 3.73. The average Bonchev–Trinajstić information content (AvgIpc) is 2.89. The first-order chi connectivity index (χ1) is 9.56. The van der Waals surface area contributed by atoms with Crippen molar-refractivity contribution in [2.24, 2.45) is 5.92 Å². The summed E-state index contributed by atoms with van der Waals surface area (Å²) in [5.74, 6) is 1.26. The second-order valence-corrected chi connectivity index (χ2v) is 5.49. The highest BCUT2D eigenvalue weighted by Gasteiger charge is 2.18. The van der Waals surface area contributed by atoms with Gasteiger partial charge in [0.25, 0.3) is 0 Å². The van der Waals surface area contributed by atoms with Crippen LogP contribution < -0.4 is 4.90 Å². The van der Waals surface area contributed by atoms with Crippen molar-refractivity contribution in [3.05, 3.63) is 54.0 Å². The van der Waals surface area contributed by atoms with Gasteiger partial charge in [-0.25, -0.2) is 0 Å². The fourth-order valence-electron chi connectivity index (χ4n) is 2.07. The highest BCUT2D eigenvalue weighted by Crippen LogP contribution is 2.20. The molecule has 0 aliphatic heterocycles. The Labute approximate surface area is 120 Å². The molecule has 3 nitrogen and oxygen atoms in total. The summed E-state index contributed by atoms with van der Waals surface area (Å²) < 4.78 is 5.37. The lowest BCUT2D eigenvalue weighted by Gasteiger charge is -2.23. The van der Waals surface area contributed by atoms with Gasteiger partial charge in [-0.1, -0.05) is 31.5 Å². The van der Waals surface area contributed by atoms with Gasteiger partial charge < -0.3 is 9.32 Å². The summed E-state index contributed by atoms with van der Waals surface area (Å²) in [7, 11) is 0. The Hall–Kier alpha value is -2.03. The van der Waals surface area contributed by atoms with Crippen molar-refractivity contribution in [2.75, 3.05) is 4.90 Å². The molecule has 0 aliphatic carbocycles. The maximum atomic E-state index is 12.4. The highest BCUT2D eigenvalue weighted by molar-refractivity contribution is 5.93. The van der Waals surface area contributed by atoms with E-state index in [2.05, 4.69) is 13.8 Å². The number of hydrogen-bond donors (Lipinski definition) is 0. The Balaban J connectivity index is 2.23. The predicted octanol–water partition coefficient (Wildman–Crippen LogP) is 4.17. The van der Waals surface area contributed by atoms with E-state index >= 15 is 0 Å². The fraction of sp³-hybridized carbons (Fsp3) is 0.353. The number of amides is 1. The van der Waals surface area contributed by atoms with Gasteiger partial charge in [0.15, 0.2) is 0 Å². The van der Waals surface area contributed by atoms with E-state index in [0.717, 1.165) is 11.4 Å². The van der Waals surface area contributed by atoms with Gasteiger partial charge in [-0.2, -0.15) is 0 Å². The lowest BCUT2D eigenvalue weighted by molar-refractivity contribution is -0.119. The number of carbonyl (C=O) groups is 1. The van der Waals surface area contributed by atoms with E-state index in [1.165, 1.54) is 5.56 Å². The molecule has 1 aromatic carbocycles. The molecule has 0 atom stereocenters. The fourth-order valence-corrected chi connectivity index (χ4v) is 2.07. The van der Waals surface area contributed by atoms with Crippen molar-refractivity contribution < 1.29 is 9.21 Å². The highest BCUT2D eigenvalue weighted by atomic mass is 16.3. The number of rotatable bonds is 5. The van der Waals surface area contributed by atoms with Crippen molar-refractivity contribution in [1.29, 1.82) is 0 Å². The minimum absolute atomic E-state index is 0.125. The molecular weight excluding hydrogens is 250 g/mol. The molecule has 0 saturated heterocycles. The van der Waals surface area contributed by atoms with Gasteiger partial charge in [-0.05, 0) is 37.1 Å². The maximum Gasteiger partial charge on any atom is 0.227 e. The topological polar surface area (TPSA) is 33.5 Å². The third-order valence-electron chi connectivity index (χ3n) is 3.12. The summed E-state index contributed by atoms with van der Waals surface area (Å²) in [6.07, 6.45) is 2.17. The van der Waals surface area contributed by atoms with Gasteiger partial charge in [0, 0.05) is 12.1 Å². The van der Waals surface area contributed by atoms with E-state index in [1.54, 1.807) is 11.2 Å². The van der Waals surface area contributed by atoms with Crippen LogP contribution in [-0.2, 0) is 11.3 Å². The van der Waals surface area contributed by atoms with Crippen LogP contribution in [0.2, 0.25) is 0 Å². The summed E-state index contributed by atoms with van der Waals surface area (Å²) >= 11 is 0. The molecular formula is C17H21NO2. The van der Waals surface area contributed by atoms with Crippen LogP contribution in [0.5, 0.6) is 0 Å². The number of furan rings is 1. The largest absolute Gasteiger partial charge is 0.467 e. The molecule has 1 heterocycles. The average molecular weight is 271 g/mol. The van der Waals surface area contributed by atoms with Crippen molar-refractivity contribution in [3.8, 4) is 0 Å². The van der Waals surface area contributed by atoms with Crippen molar-refractivity contribution >= 4 is 11.6 Å². The molecule has 20 heavy (non-hydrogen) atoms. The number of benzene rings is 1. The Morgan fingerprint density at radius 2 is 1.90 bits per heavy atom. The molecule has 0 fully saturated rings. The van der Waals surface area contributed by atoms with E-state index in [1.807, 2.05) is 43.3 Å². The first kappa shape index (κ1) is 14.4. The summed E-state index contributed by atoms with van der Waals surface area (Å²) in [5.41, 5.74) is 2.10. The zero-order valence-corrected chi connectivity index (χ0v) is 12.3. The lowest BCUT2D eigenvalue weighted by atomic mass is 10.1. The number of hydrogen-bond acceptors (Lipinski definition) is 2. The normalized spacial score (nSPS) is 10.8. The van der Waals surface area contributed by atoms with Crippen LogP contribution in [0, 0.1) is 12.8 Å². The molecule has 0 N–H and O–H groups in total. The Kier molecular flexibility index (Phi) is 4.61. The molecule has 3 heteroatoms. The van der Waals surface area contributed by atoms with Crippen LogP contribution in [0.4, 0.5) is 5.69 Å². The Bertz CT molecular complexity index is 541. The van der Waals surface area contributed by atoms with E-state index in [-0.39, 0.29) is 5.91 Å². The van der Waals surface area contributed by atoms with E-state index < -0.39 is 0 Å². The lowest BCUT2D eigenvalue weighted by Crippen LogP contribution is -2.31. The van der Waals surface area contributed by atoms with Crippen LogP contribution in [0.1, 0.15) is 31.6 Å². The van der Waals surface area contributed by atoms with Crippen LogP contribution in [-0.4, -0.2) is 5.91 Å². The summed E-state index contributed by atoms with van der Waals surface area (Å²) in [6, 6.07) is 11.7. The van der Waals surface area contributed by atoms with Crippen molar-refractivity contribution in [1.82, 2.24) is 0 Å². The van der Waals surface area contributed by atoms with Crippen molar-refractivity contribution in [3.63, 3.8) is 0 Å². The zero-order valence-electron chi connectivity index (χ0n) is 12.3. The van der Waals surface area contributed by atoms with Gasteiger partial charge in [0.05, 0.1) is 12.8 Å². The van der Waals surface area contributed by atoms with Gasteiger partial charge in [-0.15, -0.1) is 0 Å². The first-order valence-electron chi connectivity index (χ1n) is 6.95. The van der Waals surface area contributed by atoms with Crippen molar-refractivity contribution in [2.45, 2.75) is 33.7 Å². The molecule has 2 rings (SSSR count). The monoisotopic (exact) mass is 271 g/mol. The molecule has 0 spiro atoms. The van der Waals surface area contributed by atoms with E-state index in [0.29, 0.717) is 18.9 Å². The molecule has 106 valence electrons. The second-order valence-electron chi connectivity index (χ2n) is 5.49. The maximum absolute atomic E-state index is 12.4. The van der Waals surface area contributed by atoms with Gasteiger partial charge in [0.1, 0.15) is 5.76 Å². The Morgan fingerprint density at radius 1 is 1.20 bits per heavy atom. The molecule has 0 radical (unpaired) electrons. The summed E-state index contributed by atoms with van der Waals surface area (Å²) in [4.78, 5) is 14.2. The number of carbonyl (C=O) groups excluding carboxylic acids is 1. The summed E-state index contributed by atoms with van der Waals surface area (Å²) in [5, 5.41) is 0. The summed E-state index contributed by atoms with van der Waals surface area (Å²) in [6.45, 7) is 6.62. The quantitative estimate of drug-likeness (QED) is 0.818. The standard InChI is InChI=1S/C17H21NO2/c1-13(2)11-17(19)18(12-16-5-4-10-20-16)15-8-6-14(3)7-9-15/h4-10,13H,11-12H2,1-3H3.